The second-order valence-electron chi connectivity index (χ2n) is 10.6. The van der Waals surface area contributed by atoms with Crippen molar-refractivity contribution in [3.63, 3.8) is 0 Å². The molecule has 0 radical (unpaired) electrons. The number of aromatic nitrogens is 3. The number of cyclic esters (lactones) is 1. The molecule has 4 amide bonds. The van der Waals surface area contributed by atoms with Gasteiger partial charge in [0.15, 0.2) is 5.76 Å². The number of sulfonamides is 1. The first-order valence-electron chi connectivity index (χ1n) is 14.4. The Kier molecular flexibility index (Phi) is 11.3. The molecule has 0 atom stereocenters. The number of urea groups is 1. The van der Waals surface area contributed by atoms with Gasteiger partial charge in [-0.05, 0) is 70.2 Å². The molecule has 0 bridgehead atoms. The number of methoxy groups -OCH3 is 1. The number of hydrogen-bond donors (Lipinski definition) is 3. The minimum atomic E-state index is -4.43. The maximum absolute atomic E-state index is 14.3. The molecule has 2 fully saturated rings. The van der Waals surface area contributed by atoms with Crippen molar-refractivity contribution in [2.24, 2.45) is 0 Å². The Balaban J connectivity index is 0.000000221. The van der Waals surface area contributed by atoms with Crippen molar-refractivity contribution in [1.29, 1.82) is 0 Å². The molecule has 16 nitrogen and oxygen atoms in total. The van der Waals surface area contributed by atoms with Crippen LogP contribution in [0.15, 0.2) is 52.6 Å². The van der Waals surface area contributed by atoms with Crippen LogP contribution in [-0.4, -0.2) is 65.7 Å². The number of nitrogens with one attached hydrogen (secondary N) is 2. The van der Waals surface area contributed by atoms with Gasteiger partial charge in [-0.3, -0.25) is 10.1 Å². The summed E-state index contributed by atoms with van der Waals surface area (Å²) in [6.07, 6.45) is 3.00. The van der Waals surface area contributed by atoms with Crippen LogP contribution in [0, 0.1) is 12.7 Å². The van der Waals surface area contributed by atoms with E-state index in [2.05, 4.69) is 20.3 Å². The van der Waals surface area contributed by atoms with Gasteiger partial charge in [-0.1, -0.05) is 23.7 Å². The lowest BCUT2D eigenvalue weighted by Crippen LogP contribution is -2.35. The number of imide groups is 1. The third-order valence-corrected chi connectivity index (χ3v) is 8.51. The molecule has 1 aliphatic heterocycles. The molecule has 3 N–H and O–H groups in total. The number of carboxylic acid groups (broad SMARTS) is 1. The Morgan fingerprint density at radius 1 is 1.10 bits per heavy atom. The average molecular weight is 721 g/mol. The van der Waals surface area contributed by atoms with E-state index in [4.69, 9.17) is 30.9 Å². The molecule has 5 rings (SSSR count). The summed E-state index contributed by atoms with van der Waals surface area (Å²) in [6, 6.07) is 5.95. The predicted octanol–water partition coefficient (Wildman–Crippen LogP) is 4.97. The van der Waals surface area contributed by atoms with E-state index in [0.717, 1.165) is 43.9 Å². The fraction of sp³-hybridized carbons (Fsp3) is 0.300. The second-order valence-corrected chi connectivity index (χ2v) is 12.7. The van der Waals surface area contributed by atoms with Crippen LogP contribution in [0.1, 0.15) is 55.7 Å². The summed E-state index contributed by atoms with van der Waals surface area (Å²) < 4.78 is 56.0. The Bertz CT molecular complexity index is 1950. The van der Waals surface area contributed by atoms with E-state index >= 15 is 0 Å². The first kappa shape index (κ1) is 36.5. The number of ether oxygens (including phenoxy) is 3. The van der Waals surface area contributed by atoms with Gasteiger partial charge in [0.1, 0.15) is 22.3 Å². The molecule has 2 aliphatic rings. The fourth-order valence-corrected chi connectivity index (χ4v) is 5.94. The van der Waals surface area contributed by atoms with Gasteiger partial charge in [0.25, 0.3) is 10.0 Å². The second kappa shape index (κ2) is 15.2. The number of carboxylic acids is 1. The molecular formula is C30H30ClFN6O10S. The summed E-state index contributed by atoms with van der Waals surface area (Å²) in [5.41, 5.74) is -0.160. The summed E-state index contributed by atoms with van der Waals surface area (Å²) in [6.45, 7) is 4.79. The van der Waals surface area contributed by atoms with Gasteiger partial charge >= 0.3 is 30.0 Å². The Morgan fingerprint density at radius 3 is 2.39 bits per heavy atom. The first-order chi connectivity index (χ1) is 23.1. The Hall–Kier alpha value is -5.36. The van der Waals surface area contributed by atoms with Crippen molar-refractivity contribution in [2.45, 2.75) is 57.5 Å². The van der Waals surface area contributed by atoms with Crippen LogP contribution in [0.5, 0.6) is 11.8 Å². The highest BCUT2D eigenvalue weighted by Crippen LogP contribution is 2.37. The number of nitrogens with zero attached hydrogens (tertiary/aromatic N) is 4. The predicted molar refractivity (Wildman–Crippen MR) is 170 cm³/mol. The molecule has 1 saturated carbocycles. The van der Waals surface area contributed by atoms with Crippen LogP contribution in [0.25, 0.3) is 0 Å². The zero-order valence-electron chi connectivity index (χ0n) is 26.4. The van der Waals surface area contributed by atoms with E-state index in [-0.39, 0.29) is 46.1 Å². The number of hydrogen-bond acceptors (Lipinski definition) is 12. The largest absolute Gasteiger partial charge is 0.489 e. The molecule has 1 aliphatic carbocycles. The van der Waals surface area contributed by atoms with Crippen LogP contribution in [0.4, 0.5) is 25.6 Å². The van der Waals surface area contributed by atoms with Crippen LogP contribution >= 0.6 is 11.6 Å². The van der Waals surface area contributed by atoms with E-state index in [1.807, 2.05) is 0 Å². The first-order valence-corrected chi connectivity index (χ1v) is 16.3. The molecule has 0 unspecified atom stereocenters. The maximum Gasteiger partial charge on any atom is 0.427 e. The van der Waals surface area contributed by atoms with E-state index in [1.165, 1.54) is 32.2 Å². The summed E-state index contributed by atoms with van der Waals surface area (Å²) in [5.74, 6) is -2.77. The number of aryl methyl sites for hydroxylation is 1. The van der Waals surface area contributed by atoms with Crippen LogP contribution in [0.2, 0.25) is 5.02 Å². The van der Waals surface area contributed by atoms with E-state index in [0.29, 0.717) is 10.5 Å². The number of halogens is 2. The monoisotopic (exact) mass is 720 g/mol. The number of amides is 4. The molecule has 2 aromatic carbocycles. The topological polar surface area (TPSA) is 216 Å². The third kappa shape index (κ3) is 8.76. The van der Waals surface area contributed by atoms with E-state index < -0.39 is 50.3 Å². The maximum atomic E-state index is 14.3. The van der Waals surface area contributed by atoms with Gasteiger partial charge < -0.3 is 19.3 Å². The van der Waals surface area contributed by atoms with Gasteiger partial charge in [-0.25, -0.2) is 36.8 Å². The van der Waals surface area contributed by atoms with Crippen LogP contribution in [0.3, 0.4) is 0 Å². The van der Waals surface area contributed by atoms with Gasteiger partial charge in [0, 0.05) is 6.07 Å². The van der Waals surface area contributed by atoms with Crippen LogP contribution in [-0.2, 0) is 19.6 Å². The Labute approximate surface area is 284 Å². The Morgan fingerprint density at radius 2 is 1.78 bits per heavy atom. The highest BCUT2D eigenvalue weighted by Gasteiger charge is 2.40. The third-order valence-electron chi connectivity index (χ3n) is 6.83. The van der Waals surface area contributed by atoms with Crippen molar-refractivity contribution in [3.8, 4) is 11.8 Å². The van der Waals surface area contributed by atoms with Crippen molar-refractivity contribution in [1.82, 2.24) is 19.7 Å². The van der Waals surface area contributed by atoms with Gasteiger partial charge in [0.2, 0.25) is 5.95 Å². The number of benzene rings is 2. The zero-order chi connectivity index (χ0) is 36.0. The number of anilines is 2. The van der Waals surface area contributed by atoms with Crippen molar-refractivity contribution < 1.29 is 51.3 Å². The molecule has 3 aromatic rings. The van der Waals surface area contributed by atoms with E-state index in [1.54, 1.807) is 18.6 Å². The molecule has 2 heterocycles. The lowest BCUT2D eigenvalue weighted by molar-refractivity contribution is -0.114. The minimum Gasteiger partial charge on any atom is -0.489 e. The van der Waals surface area contributed by atoms with Crippen molar-refractivity contribution >= 4 is 57.3 Å². The molecular weight excluding hydrogens is 691 g/mol. The number of allylic oxidation sites excluding steroid dienone is 1. The molecule has 0 spiro atoms. The molecule has 49 heavy (non-hydrogen) atoms. The lowest BCUT2D eigenvalue weighted by atomic mass is 10.2. The minimum absolute atomic E-state index is 0.00962. The van der Waals surface area contributed by atoms with Gasteiger partial charge in [-0.15, -0.1) is 0 Å². The van der Waals surface area contributed by atoms with Crippen molar-refractivity contribution in [3.05, 3.63) is 70.0 Å². The fourth-order valence-electron chi connectivity index (χ4n) is 4.64. The molecule has 1 saturated heterocycles. The summed E-state index contributed by atoms with van der Waals surface area (Å²) in [7, 11) is -3.11. The highest BCUT2D eigenvalue weighted by molar-refractivity contribution is 7.90. The highest BCUT2D eigenvalue weighted by atomic mass is 35.5. The SMILES string of the molecule is CC(C)=C1OC(=O)N(c2cc(OC3CCCC3)c(Cl)cc2F)C1=O.COc1nc(C)nc(NC(=O)NS(=O)(=O)c2ccccc2C(=O)O)n1. The molecule has 1 aromatic heterocycles. The average Bonchev–Trinajstić information content (AvgIpc) is 3.65. The van der Waals surface area contributed by atoms with Gasteiger partial charge in [-0.2, -0.15) is 15.0 Å². The summed E-state index contributed by atoms with van der Waals surface area (Å²) in [5, 5.41) is 11.3. The van der Waals surface area contributed by atoms with E-state index in [9.17, 15) is 32.0 Å². The van der Waals surface area contributed by atoms with Crippen molar-refractivity contribution in [2.75, 3.05) is 17.3 Å². The summed E-state index contributed by atoms with van der Waals surface area (Å²) in [4.78, 5) is 58.8. The quantitative estimate of drug-likeness (QED) is 0.262. The lowest BCUT2D eigenvalue weighted by Gasteiger charge is -2.18. The number of carbonyl (C=O) groups excluding carboxylic acids is 3. The number of aromatic carboxylic acids is 1. The van der Waals surface area contributed by atoms with Crippen LogP contribution < -0.4 is 24.4 Å². The zero-order valence-corrected chi connectivity index (χ0v) is 28.0. The molecule has 260 valence electrons. The standard InChI is InChI=1S/C17H17ClFNO4.C13H13N5O6S/c1-9(2)15-16(21)20(17(22)24-15)13-8-14(11(18)7-12(13)19)23-10-5-3-4-6-10;1-7-14-11(17-13(15-7)24-2)16-12(21)18-25(22,23)9-6-4-3-5-8(9)10(19)20/h7-8,10H,3-6H2,1-2H3;3-6H,1-2H3,(H,19,20)(H2,14,15,16,17,18,21). The number of rotatable bonds is 8. The van der Waals surface area contributed by atoms with Gasteiger partial charge in [0.05, 0.1) is 29.5 Å². The summed E-state index contributed by atoms with van der Waals surface area (Å²) >= 11 is 6.04. The smallest absolute Gasteiger partial charge is 0.427 e. The molecule has 19 heteroatoms. The normalized spacial score (nSPS) is 14.5. The number of carbonyl (C=O) groups is 4.